The molecule has 1 aromatic rings. The standard InChI is InChI=1S/C19H28ClN3O3/c1-15(2)26-13-3-8-21-18(24)14-22-9-11-23(12-10-22)19(25)16-4-6-17(20)7-5-16/h4-7,15H,3,8-14H2,1-2H3,(H,21,24). The lowest BCUT2D eigenvalue weighted by molar-refractivity contribution is -0.122. The summed E-state index contributed by atoms with van der Waals surface area (Å²) in [4.78, 5) is 28.3. The van der Waals surface area contributed by atoms with E-state index < -0.39 is 0 Å². The van der Waals surface area contributed by atoms with Crippen molar-refractivity contribution in [1.29, 1.82) is 0 Å². The Balaban J connectivity index is 1.65. The van der Waals surface area contributed by atoms with Crippen LogP contribution in [0.1, 0.15) is 30.6 Å². The lowest BCUT2D eigenvalue weighted by Crippen LogP contribution is -2.51. The lowest BCUT2D eigenvalue weighted by Gasteiger charge is -2.34. The van der Waals surface area contributed by atoms with Gasteiger partial charge in [-0.25, -0.2) is 0 Å². The number of ether oxygens (including phenoxy) is 1. The number of hydrogen-bond donors (Lipinski definition) is 1. The smallest absolute Gasteiger partial charge is 0.253 e. The Morgan fingerprint density at radius 3 is 2.42 bits per heavy atom. The van der Waals surface area contributed by atoms with Crippen molar-refractivity contribution in [3.05, 3.63) is 34.9 Å². The summed E-state index contributed by atoms with van der Waals surface area (Å²) in [5.41, 5.74) is 0.643. The monoisotopic (exact) mass is 381 g/mol. The SMILES string of the molecule is CC(C)OCCCNC(=O)CN1CCN(C(=O)c2ccc(Cl)cc2)CC1. The molecular weight excluding hydrogens is 354 g/mol. The number of rotatable bonds is 8. The van der Waals surface area contributed by atoms with Gasteiger partial charge in [-0.3, -0.25) is 14.5 Å². The number of nitrogens with zero attached hydrogens (tertiary/aromatic N) is 2. The van der Waals surface area contributed by atoms with Gasteiger partial charge in [0.15, 0.2) is 0 Å². The molecule has 0 saturated carbocycles. The largest absolute Gasteiger partial charge is 0.379 e. The van der Waals surface area contributed by atoms with Gasteiger partial charge < -0.3 is 15.0 Å². The van der Waals surface area contributed by atoms with Crippen LogP contribution in [-0.4, -0.2) is 73.6 Å². The van der Waals surface area contributed by atoms with Crippen molar-refractivity contribution in [2.45, 2.75) is 26.4 Å². The van der Waals surface area contributed by atoms with Gasteiger partial charge in [-0.15, -0.1) is 0 Å². The molecule has 0 unspecified atom stereocenters. The number of hydrogen-bond acceptors (Lipinski definition) is 4. The average molecular weight is 382 g/mol. The van der Waals surface area contributed by atoms with Crippen LogP contribution < -0.4 is 5.32 Å². The van der Waals surface area contributed by atoms with Gasteiger partial charge in [0.05, 0.1) is 12.6 Å². The molecule has 1 saturated heterocycles. The molecule has 26 heavy (non-hydrogen) atoms. The molecule has 1 N–H and O–H groups in total. The van der Waals surface area contributed by atoms with Gasteiger partial charge in [0, 0.05) is 49.9 Å². The second kappa shape index (κ2) is 10.5. The predicted molar refractivity (Wildman–Crippen MR) is 103 cm³/mol. The third kappa shape index (κ3) is 6.94. The topological polar surface area (TPSA) is 61.9 Å². The summed E-state index contributed by atoms with van der Waals surface area (Å²) in [6.45, 7) is 8.28. The van der Waals surface area contributed by atoms with E-state index in [1.165, 1.54) is 0 Å². The second-order valence-corrected chi connectivity index (χ2v) is 7.13. The summed E-state index contributed by atoms with van der Waals surface area (Å²) in [5, 5.41) is 3.53. The van der Waals surface area contributed by atoms with Crippen molar-refractivity contribution < 1.29 is 14.3 Å². The summed E-state index contributed by atoms with van der Waals surface area (Å²) >= 11 is 5.86. The molecule has 0 atom stereocenters. The Hall–Kier alpha value is -1.63. The van der Waals surface area contributed by atoms with Crippen molar-refractivity contribution in [3.8, 4) is 0 Å². The third-order valence-corrected chi connectivity index (χ3v) is 4.46. The molecule has 1 aliphatic rings. The van der Waals surface area contributed by atoms with Crippen LogP contribution in [-0.2, 0) is 9.53 Å². The fourth-order valence-corrected chi connectivity index (χ4v) is 2.89. The molecule has 0 spiro atoms. The fourth-order valence-electron chi connectivity index (χ4n) is 2.76. The lowest BCUT2D eigenvalue weighted by atomic mass is 10.2. The van der Waals surface area contributed by atoms with Gasteiger partial charge in [0.2, 0.25) is 5.91 Å². The van der Waals surface area contributed by atoms with Crippen molar-refractivity contribution in [3.63, 3.8) is 0 Å². The van der Waals surface area contributed by atoms with Crippen molar-refractivity contribution >= 4 is 23.4 Å². The Labute approximate surface area is 160 Å². The first-order valence-electron chi connectivity index (χ1n) is 9.11. The van der Waals surface area contributed by atoms with Crippen LogP contribution in [0.4, 0.5) is 0 Å². The molecule has 7 heteroatoms. The van der Waals surface area contributed by atoms with E-state index in [0.29, 0.717) is 56.5 Å². The number of halogens is 1. The van der Waals surface area contributed by atoms with E-state index in [0.717, 1.165) is 6.42 Å². The molecule has 1 aliphatic heterocycles. The van der Waals surface area contributed by atoms with E-state index in [1.54, 1.807) is 24.3 Å². The molecule has 0 radical (unpaired) electrons. The molecule has 0 aliphatic carbocycles. The summed E-state index contributed by atoms with van der Waals surface area (Å²) in [6.07, 6.45) is 1.03. The Morgan fingerprint density at radius 2 is 1.81 bits per heavy atom. The minimum Gasteiger partial charge on any atom is -0.379 e. The number of carbonyl (C=O) groups is 2. The van der Waals surface area contributed by atoms with Gasteiger partial charge in [-0.05, 0) is 44.5 Å². The van der Waals surface area contributed by atoms with Crippen LogP contribution in [0.5, 0.6) is 0 Å². The first-order valence-corrected chi connectivity index (χ1v) is 9.49. The zero-order valence-electron chi connectivity index (χ0n) is 15.5. The van der Waals surface area contributed by atoms with Crippen molar-refractivity contribution in [2.24, 2.45) is 0 Å². The zero-order chi connectivity index (χ0) is 18.9. The minimum atomic E-state index is 0.0101. The van der Waals surface area contributed by atoms with Gasteiger partial charge >= 0.3 is 0 Å². The molecule has 1 heterocycles. The highest BCUT2D eigenvalue weighted by molar-refractivity contribution is 6.30. The number of amides is 2. The van der Waals surface area contributed by atoms with Crippen LogP contribution >= 0.6 is 11.6 Å². The molecule has 0 bridgehead atoms. The summed E-state index contributed by atoms with van der Waals surface area (Å²) < 4.78 is 5.44. The van der Waals surface area contributed by atoms with Crippen LogP contribution in [0.15, 0.2) is 24.3 Å². The van der Waals surface area contributed by atoms with E-state index in [-0.39, 0.29) is 17.9 Å². The first kappa shape index (κ1) is 20.7. The maximum Gasteiger partial charge on any atom is 0.253 e. The van der Waals surface area contributed by atoms with E-state index in [1.807, 2.05) is 18.7 Å². The van der Waals surface area contributed by atoms with Crippen LogP contribution in [0.3, 0.4) is 0 Å². The minimum absolute atomic E-state index is 0.0101. The van der Waals surface area contributed by atoms with E-state index in [4.69, 9.17) is 16.3 Å². The Kier molecular flexibility index (Phi) is 8.35. The zero-order valence-corrected chi connectivity index (χ0v) is 16.3. The molecular formula is C19H28ClN3O3. The highest BCUT2D eigenvalue weighted by Gasteiger charge is 2.23. The quantitative estimate of drug-likeness (QED) is 0.700. The molecule has 2 rings (SSSR count). The van der Waals surface area contributed by atoms with Crippen molar-refractivity contribution in [2.75, 3.05) is 45.9 Å². The number of carbonyl (C=O) groups excluding carboxylic acids is 2. The maximum absolute atomic E-state index is 12.5. The summed E-state index contributed by atoms with van der Waals surface area (Å²) in [7, 11) is 0. The first-order chi connectivity index (χ1) is 12.5. The van der Waals surface area contributed by atoms with Crippen LogP contribution in [0, 0.1) is 0 Å². The molecule has 0 aromatic heterocycles. The van der Waals surface area contributed by atoms with Crippen molar-refractivity contribution in [1.82, 2.24) is 15.1 Å². The fraction of sp³-hybridized carbons (Fsp3) is 0.579. The number of piperazine rings is 1. The molecule has 2 amide bonds. The second-order valence-electron chi connectivity index (χ2n) is 6.70. The average Bonchev–Trinajstić information content (AvgIpc) is 2.62. The summed E-state index contributed by atoms with van der Waals surface area (Å²) in [5.74, 6) is 0.0305. The van der Waals surface area contributed by atoms with Crippen LogP contribution in [0.25, 0.3) is 0 Å². The van der Waals surface area contributed by atoms with E-state index in [9.17, 15) is 9.59 Å². The highest BCUT2D eigenvalue weighted by Crippen LogP contribution is 2.13. The van der Waals surface area contributed by atoms with E-state index in [2.05, 4.69) is 10.2 Å². The maximum atomic E-state index is 12.5. The molecule has 144 valence electrons. The number of benzene rings is 1. The normalized spacial score (nSPS) is 15.3. The Bertz CT molecular complexity index is 584. The van der Waals surface area contributed by atoms with E-state index >= 15 is 0 Å². The molecule has 1 aromatic carbocycles. The van der Waals surface area contributed by atoms with Crippen LogP contribution in [0.2, 0.25) is 5.02 Å². The molecule has 1 fully saturated rings. The number of nitrogens with one attached hydrogen (secondary N) is 1. The van der Waals surface area contributed by atoms with Gasteiger partial charge in [0.1, 0.15) is 0 Å². The van der Waals surface area contributed by atoms with Gasteiger partial charge in [-0.2, -0.15) is 0 Å². The third-order valence-electron chi connectivity index (χ3n) is 4.21. The highest BCUT2D eigenvalue weighted by atomic mass is 35.5. The Morgan fingerprint density at radius 1 is 1.15 bits per heavy atom. The molecule has 6 nitrogen and oxygen atoms in total. The summed E-state index contributed by atoms with van der Waals surface area (Å²) in [6, 6.07) is 6.93. The van der Waals surface area contributed by atoms with Gasteiger partial charge in [0.25, 0.3) is 5.91 Å². The van der Waals surface area contributed by atoms with Gasteiger partial charge in [-0.1, -0.05) is 11.6 Å². The predicted octanol–water partition coefficient (Wildman–Crippen LogP) is 2.03.